The van der Waals surface area contributed by atoms with Crippen molar-refractivity contribution < 1.29 is 9.60 Å². The van der Waals surface area contributed by atoms with Crippen molar-refractivity contribution in [3.63, 3.8) is 0 Å². The highest BCUT2D eigenvalue weighted by Gasteiger charge is 2.19. The molecule has 0 saturated heterocycles. The number of nitro benzene ring substituents is 1. The molecule has 0 radical (unpaired) electrons. The Hall–Kier alpha value is -3.35. The van der Waals surface area contributed by atoms with Gasteiger partial charge in [-0.2, -0.15) is 0 Å². The van der Waals surface area contributed by atoms with E-state index in [1.807, 2.05) is 40.3 Å². The summed E-state index contributed by atoms with van der Waals surface area (Å²) in [6.45, 7) is 0.483. The maximum Gasteiger partial charge on any atom is 0.282 e. The Kier molecular flexibility index (Phi) is 4.19. The minimum Gasteiger partial charge on any atom is -0.258 e. The first-order valence-corrected chi connectivity index (χ1v) is 6.98. The topological polar surface area (TPSA) is 76.0 Å². The average molecular weight is 308 g/mol. The van der Waals surface area contributed by atoms with E-state index in [2.05, 4.69) is 9.97 Å². The van der Waals surface area contributed by atoms with Gasteiger partial charge in [-0.05, 0) is 11.6 Å². The number of rotatable bonds is 5. The summed E-state index contributed by atoms with van der Waals surface area (Å²) >= 11 is 0. The quantitative estimate of drug-likeness (QED) is 0.410. The van der Waals surface area contributed by atoms with Gasteiger partial charge in [0.1, 0.15) is 6.54 Å². The number of benzene rings is 1. The van der Waals surface area contributed by atoms with Gasteiger partial charge >= 0.3 is 0 Å². The number of hydrogen-bond donors (Lipinski definition) is 0. The third kappa shape index (κ3) is 3.46. The molecule has 1 aromatic carbocycles. The average Bonchev–Trinajstić information content (AvgIpc) is 2.61. The van der Waals surface area contributed by atoms with Crippen molar-refractivity contribution in [1.82, 2.24) is 9.97 Å². The predicted molar refractivity (Wildman–Crippen MR) is 83.3 cm³/mol. The first-order chi connectivity index (χ1) is 11.2. The van der Waals surface area contributed by atoms with Crippen LogP contribution in [0.3, 0.4) is 0 Å². The number of aromatic nitrogens is 3. The van der Waals surface area contributed by atoms with Crippen molar-refractivity contribution in [3.05, 3.63) is 89.0 Å². The zero-order valence-electron chi connectivity index (χ0n) is 12.2. The van der Waals surface area contributed by atoms with Crippen LogP contribution >= 0.6 is 0 Å². The molecule has 2 aromatic heterocycles. The lowest BCUT2D eigenvalue weighted by atomic mass is 10.2. The molecule has 0 saturated carbocycles. The van der Waals surface area contributed by atoms with Crippen LogP contribution in [0.5, 0.6) is 0 Å². The first kappa shape index (κ1) is 14.6. The molecule has 114 valence electrons. The number of nitrogens with zero attached hydrogens (tertiary/aromatic N) is 5. The molecule has 3 aromatic rings. The van der Waals surface area contributed by atoms with Gasteiger partial charge in [-0.15, -0.1) is 5.01 Å². The van der Waals surface area contributed by atoms with Crippen LogP contribution in [0.25, 0.3) is 0 Å². The lowest BCUT2D eigenvalue weighted by Crippen LogP contribution is -2.54. The van der Waals surface area contributed by atoms with E-state index in [0.717, 1.165) is 5.56 Å². The number of pyridine rings is 1. The Morgan fingerprint density at radius 2 is 1.65 bits per heavy atom. The minimum atomic E-state index is -0.409. The van der Waals surface area contributed by atoms with Gasteiger partial charge in [-0.25, -0.2) is 9.97 Å². The normalized spacial score (nSPS) is 10.3. The summed E-state index contributed by atoms with van der Waals surface area (Å²) in [6.07, 6.45) is 7.13. The van der Waals surface area contributed by atoms with Crippen molar-refractivity contribution in [2.45, 2.75) is 6.54 Å². The molecule has 0 aliphatic carbocycles. The maximum absolute atomic E-state index is 10.7. The standard InChI is InChI=1S/C16H14N5O2/c22-21(23)15-7-5-14(6-8-15)13-20(16-17-9-4-10-18-16)19-11-2-1-3-12-19/h1-12H,13H2/q+1. The van der Waals surface area contributed by atoms with Crippen molar-refractivity contribution in [3.8, 4) is 0 Å². The fourth-order valence-corrected chi connectivity index (χ4v) is 2.13. The molecule has 0 unspecified atom stereocenters. The highest BCUT2D eigenvalue weighted by atomic mass is 16.6. The van der Waals surface area contributed by atoms with E-state index in [1.165, 1.54) is 12.1 Å². The van der Waals surface area contributed by atoms with Crippen LogP contribution in [0.15, 0.2) is 73.3 Å². The number of anilines is 1. The Bertz CT molecular complexity index is 739. The summed E-state index contributed by atoms with van der Waals surface area (Å²) < 4.78 is 1.87. The zero-order chi connectivity index (χ0) is 16.1. The second-order valence-corrected chi connectivity index (χ2v) is 4.79. The molecule has 0 atom stereocenters. The summed E-state index contributed by atoms with van der Waals surface area (Å²) in [5, 5.41) is 12.6. The molecule has 7 nitrogen and oxygen atoms in total. The summed E-state index contributed by atoms with van der Waals surface area (Å²) in [6, 6.07) is 14.0. The van der Waals surface area contributed by atoms with Crippen LogP contribution in [0.1, 0.15) is 5.56 Å². The monoisotopic (exact) mass is 308 g/mol. The van der Waals surface area contributed by atoms with Gasteiger partial charge in [0, 0.05) is 36.7 Å². The van der Waals surface area contributed by atoms with Crippen molar-refractivity contribution >= 4 is 11.6 Å². The smallest absolute Gasteiger partial charge is 0.258 e. The summed E-state index contributed by atoms with van der Waals surface area (Å²) in [5.41, 5.74) is 0.989. The van der Waals surface area contributed by atoms with E-state index in [0.29, 0.717) is 12.5 Å². The van der Waals surface area contributed by atoms with Gasteiger partial charge in [0.25, 0.3) is 11.6 Å². The van der Waals surface area contributed by atoms with Gasteiger partial charge in [0.15, 0.2) is 12.4 Å². The van der Waals surface area contributed by atoms with Crippen molar-refractivity contribution in [2.75, 3.05) is 5.01 Å². The van der Waals surface area contributed by atoms with Gasteiger partial charge in [-0.1, -0.05) is 22.9 Å². The highest BCUT2D eigenvalue weighted by Crippen LogP contribution is 2.14. The van der Waals surface area contributed by atoms with Crippen LogP contribution in [0, 0.1) is 10.1 Å². The van der Waals surface area contributed by atoms with Gasteiger partial charge in [0.2, 0.25) is 0 Å². The predicted octanol–water partition coefficient (Wildman–Crippen LogP) is 2.14. The molecule has 3 rings (SSSR count). The van der Waals surface area contributed by atoms with E-state index in [1.54, 1.807) is 30.6 Å². The van der Waals surface area contributed by atoms with Crippen molar-refractivity contribution in [1.29, 1.82) is 0 Å². The Balaban J connectivity index is 1.92. The Morgan fingerprint density at radius 1 is 1.00 bits per heavy atom. The Labute approximate surface area is 132 Å². The van der Waals surface area contributed by atoms with Crippen LogP contribution in [0.2, 0.25) is 0 Å². The van der Waals surface area contributed by atoms with E-state index in [-0.39, 0.29) is 5.69 Å². The molecule has 0 spiro atoms. The van der Waals surface area contributed by atoms with E-state index in [9.17, 15) is 10.1 Å². The highest BCUT2D eigenvalue weighted by molar-refractivity contribution is 5.35. The molecule has 0 aliphatic heterocycles. The van der Waals surface area contributed by atoms with E-state index >= 15 is 0 Å². The number of nitro groups is 1. The van der Waals surface area contributed by atoms with E-state index in [4.69, 9.17) is 0 Å². The fourth-order valence-electron chi connectivity index (χ4n) is 2.13. The van der Waals surface area contributed by atoms with Crippen LogP contribution < -0.4 is 9.69 Å². The first-order valence-electron chi connectivity index (χ1n) is 6.98. The second kappa shape index (κ2) is 6.61. The molecule has 0 amide bonds. The number of hydrogen-bond acceptors (Lipinski definition) is 5. The van der Waals surface area contributed by atoms with Gasteiger partial charge in [-0.3, -0.25) is 10.1 Å². The molecule has 7 heteroatoms. The number of non-ortho nitro benzene ring substituents is 1. The van der Waals surface area contributed by atoms with Gasteiger partial charge < -0.3 is 0 Å². The Morgan fingerprint density at radius 3 is 2.26 bits per heavy atom. The minimum absolute atomic E-state index is 0.0728. The van der Waals surface area contributed by atoms with Crippen LogP contribution in [-0.2, 0) is 6.54 Å². The summed E-state index contributed by atoms with van der Waals surface area (Å²) in [7, 11) is 0. The molecule has 0 aliphatic rings. The maximum atomic E-state index is 10.7. The summed E-state index contributed by atoms with van der Waals surface area (Å²) in [5.74, 6) is 0.544. The molecular formula is C16H14N5O2+. The lowest BCUT2D eigenvalue weighted by molar-refractivity contribution is -0.687. The van der Waals surface area contributed by atoms with Crippen LogP contribution in [-0.4, -0.2) is 14.9 Å². The zero-order valence-corrected chi connectivity index (χ0v) is 12.2. The third-order valence-corrected chi connectivity index (χ3v) is 3.24. The SMILES string of the molecule is O=[N+]([O-])c1ccc(CN(c2ncccn2)[n+]2ccccc2)cc1. The largest absolute Gasteiger partial charge is 0.282 e. The second-order valence-electron chi connectivity index (χ2n) is 4.79. The molecule has 0 bridgehead atoms. The van der Waals surface area contributed by atoms with E-state index < -0.39 is 4.92 Å². The molecule has 23 heavy (non-hydrogen) atoms. The molecule has 2 heterocycles. The van der Waals surface area contributed by atoms with Crippen LogP contribution in [0.4, 0.5) is 11.6 Å². The lowest BCUT2D eigenvalue weighted by Gasteiger charge is -2.15. The van der Waals surface area contributed by atoms with Gasteiger partial charge in [0.05, 0.1) is 4.92 Å². The molecule has 0 fully saturated rings. The third-order valence-electron chi connectivity index (χ3n) is 3.24. The molecule has 0 N–H and O–H groups in total. The van der Waals surface area contributed by atoms with Crippen molar-refractivity contribution in [2.24, 2.45) is 0 Å². The molecular weight excluding hydrogens is 294 g/mol. The summed E-state index contributed by atoms with van der Waals surface area (Å²) in [4.78, 5) is 18.9. The fraction of sp³-hybridized carbons (Fsp3) is 0.0625.